The van der Waals surface area contributed by atoms with Crippen molar-refractivity contribution in [1.82, 2.24) is 44.8 Å². The molecule has 8 rings (SSSR count). The number of nitrogens with zero attached hydrogens (tertiary/aromatic N) is 7. The molecule has 0 saturated heterocycles. The molecule has 16 nitrogen and oxygen atoms in total. The van der Waals surface area contributed by atoms with Gasteiger partial charge in [-0.3, -0.25) is 42.7 Å². The molecular weight excluding hydrogens is 774 g/mol. The van der Waals surface area contributed by atoms with Crippen LogP contribution in [0.1, 0.15) is 123 Å². The first-order valence-electron chi connectivity index (χ1n) is 18.1. The van der Waals surface area contributed by atoms with E-state index in [4.69, 9.17) is 0 Å². The van der Waals surface area contributed by atoms with Gasteiger partial charge in [0.1, 0.15) is 46.8 Å². The van der Waals surface area contributed by atoms with Gasteiger partial charge in [-0.15, -0.1) is 0 Å². The molecule has 2 aliphatic carbocycles. The summed E-state index contributed by atoms with van der Waals surface area (Å²) in [5.74, 6) is -1.09. The zero-order valence-electron chi connectivity index (χ0n) is 31.1. The van der Waals surface area contributed by atoms with Crippen molar-refractivity contribution in [2.24, 2.45) is 0 Å². The molecule has 2 fully saturated rings. The average Bonchev–Trinajstić information content (AvgIpc) is 3.65. The van der Waals surface area contributed by atoms with E-state index in [0.29, 0.717) is 40.0 Å². The summed E-state index contributed by atoms with van der Waals surface area (Å²) >= 11 is 3.30. The Bertz CT molecular complexity index is 2250. The number of hydrogen-bond donors (Lipinski definition) is 2. The predicted octanol–water partition coefficient (Wildman–Crippen LogP) is 3.93. The van der Waals surface area contributed by atoms with E-state index in [9.17, 15) is 28.8 Å². The lowest BCUT2D eigenvalue weighted by atomic mass is 9.89. The number of carbonyl (C=O) groups excluding carboxylic acids is 4. The zero-order valence-corrected chi connectivity index (χ0v) is 32.6. The minimum absolute atomic E-state index is 0.0430. The molecule has 0 aromatic carbocycles. The van der Waals surface area contributed by atoms with Crippen LogP contribution in [0.5, 0.6) is 0 Å². The number of nitrogens with one attached hydrogen (secondary N) is 2. The van der Waals surface area contributed by atoms with E-state index in [1.807, 2.05) is 6.92 Å². The van der Waals surface area contributed by atoms with Crippen LogP contribution < -0.4 is 21.8 Å². The predicted molar refractivity (Wildman–Crippen MR) is 202 cm³/mol. The molecule has 0 unspecified atom stereocenters. The van der Waals surface area contributed by atoms with Crippen molar-refractivity contribution in [3.63, 3.8) is 0 Å². The van der Waals surface area contributed by atoms with Crippen molar-refractivity contribution in [2.45, 2.75) is 89.4 Å². The molecule has 3 amide bonds. The van der Waals surface area contributed by atoms with Gasteiger partial charge in [0.2, 0.25) is 5.78 Å². The SMILES string of the molecule is CON(C)C(=O)c1ccncn1.Cc1cc(Br)c(=O)n2c1C(=O)NC21CCCCC1.Cc1cc(C(=O)c2ccncn2)c(=O)n2c1C(=O)NC21CCCCC1. The van der Waals surface area contributed by atoms with E-state index in [0.717, 1.165) is 55.6 Å². The van der Waals surface area contributed by atoms with Gasteiger partial charge in [-0.05, 0) is 117 Å². The maximum Gasteiger partial charge on any atom is 0.295 e. The smallest absolute Gasteiger partial charge is 0.295 e. The Labute approximate surface area is 324 Å². The third-order valence-electron chi connectivity index (χ3n) is 10.5. The molecule has 4 aromatic rings. The van der Waals surface area contributed by atoms with Crippen LogP contribution in [-0.4, -0.2) is 71.8 Å². The number of carbonyl (C=O) groups is 4. The zero-order chi connectivity index (χ0) is 39.5. The van der Waals surface area contributed by atoms with Gasteiger partial charge in [-0.25, -0.2) is 25.0 Å². The molecule has 0 radical (unpaired) electrons. The molecule has 55 heavy (non-hydrogen) atoms. The fraction of sp³-hybridized carbons (Fsp3) is 0.421. The number of pyridine rings is 2. The molecule has 2 saturated carbocycles. The van der Waals surface area contributed by atoms with Crippen molar-refractivity contribution in [3.05, 3.63) is 114 Å². The Kier molecular flexibility index (Phi) is 11.5. The van der Waals surface area contributed by atoms with Gasteiger partial charge in [-0.1, -0.05) is 12.8 Å². The maximum absolute atomic E-state index is 13.2. The van der Waals surface area contributed by atoms with Crippen LogP contribution in [0.25, 0.3) is 0 Å². The lowest BCUT2D eigenvalue weighted by Crippen LogP contribution is -2.49. The highest BCUT2D eigenvalue weighted by atomic mass is 79.9. The summed E-state index contributed by atoms with van der Waals surface area (Å²) in [7, 11) is 2.93. The number of hydrogen-bond acceptors (Lipinski definition) is 11. The van der Waals surface area contributed by atoms with Crippen LogP contribution in [0, 0.1) is 13.8 Å². The largest absolute Gasteiger partial charge is 0.327 e. The minimum Gasteiger partial charge on any atom is -0.327 e. The van der Waals surface area contributed by atoms with Crippen LogP contribution in [-0.2, 0) is 16.2 Å². The Hall–Kier alpha value is -5.42. The van der Waals surface area contributed by atoms with Crippen molar-refractivity contribution >= 4 is 39.4 Å². The van der Waals surface area contributed by atoms with Gasteiger partial charge in [0.25, 0.3) is 28.8 Å². The van der Waals surface area contributed by atoms with Gasteiger partial charge in [0.15, 0.2) is 0 Å². The Balaban J connectivity index is 0.000000150. The van der Waals surface area contributed by atoms with E-state index >= 15 is 0 Å². The maximum atomic E-state index is 13.2. The van der Waals surface area contributed by atoms with Gasteiger partial charge in [0.05, 0.1) is 17.1 Å². The molecule has 2 aliphatic heterocycles. The summed E-state index contributed by atoms with van der Waals surface area (Å²) in [6.07, 6.45) is 14.9. The topological polar surface area (TPSA) is 200 Å². The Morgan fingerprint density at radius 2 is 1.22 bits per heavy atom. The van der Waals surface area contributed by atoms with Crippen LogP contribution in [0.15, 0.2) is 63.4 Å². The molecular formula is C38H42BrN9O7. The highest BCUT2D eigenvalue weighted by Crippen LogP contribution is 2.38. The molecule has 6 heterocycles. The fourth-order valence-electron chi connectivity index (χ4n) is 7.84. The molecule has 0 atom stereocenters. The van der Waals surface area contributed by atoms with E-state index in [1.165, 1.54) is 68.4 Å². The van der Waals surface area contributed by atoms with E-state index in [2.05, 4.69) is 51.3 Å². The van der Waals surface area contributed by atoms with Crippen LogP contribution in [0.2, 0.25) is 0 Å². The number of fused-ring (bicyclic) bond motifs is 4. The summed E-state index contributed by atoms with van der Waals surface area (Å²) in [4.78, 5) is 94.1. The molecule has 17 heteroatoms. The van der Waals surface area contributed by atoms with Crippen molar-refractivity contribution in [3.8, 4) is 0 Å². The molecule has 2 spiro atoms. The third-order valence-corrected chi connectivity index (χ3v) is 11.1. The second kappa shape index (κ2) is 16.1. The number of hydroxylamine groups is 2. The van der Waals surface area contributed by atoms with E-state index < -0.39 is 22.7 Å². The fourth-order valence-corrected chi connectivity index (χ4v) is 8.36. The number of halogens is 1. The van der Waals surface area contributed by atoms with Crippen LogP contribution in [0.3, 0.4) is 0 Å². The van der Waals surface area contributed by atoms with Crippen molar-refractivity contribution in [2.75, 3.05) is 14.2 Å². The number of ketones is 1. The van der Waals surface area contributed by atoms with Crippen molar-refractivity contribution < 1.29 is 24.0 Å². The first-order valence-corrected chi connectivity index (χ1v) is 18.9. The van der Waals surface area contributed by atoms with Crippen LogP contribution >= 0.6 is 15.9 Å². The highest BCUT2D eigenvalue weighted by molar-refractivity contribution is 9.10. The monoisotopic (exact) mass is 815 g/mol. The van der Waals surface area contributed by atoms with Crippen LogP contribution in [0.4, 0.5) is 0 Å². The summed E-state index contributed by atoms with van der Waals surface area (Å²) in [6, 6.07) is 6.24. The lowest BCUT2D eigenvalue weighted by Gasteiger charge is -2.35. The second-order valence-corrected chi connectivity index (χ2v) is 14.8. The number of rotatable bonds is 4. The quantitative estimate of drug-likeness (QED) is 0.224. The molecule has 2 N–H and O–H groups in total. The third kappa shape index (κ3) is 7.50. The van der Waals surface area contributed by atoms with Gasteiger partial charge < -0.3 is 10.6 Å². The summed E-state index contributed by atoms with van der Waals surface area (Å²) in [5, 5.41) is 7.16. The lowest BCUT2D eigenvalue weighted by molar-refractivity contribution is -0.0760. The van der Waals surface area contributed by atoms with Gasteiger partial charge >= 0.3 is 0 Å². The standard InChI is InChI=1S/C18H18N4O3.C13H15BrN2O2.C7H9N3O2/c1-11-9-12(15(23)13-5-8-19-10-20-13)17(25)22-14(11)16(24)21-18(22)6-3-2-4-7-18;1-8-7-9(14)12(18)16-10(8)11(17)15-13(16)5-3-2-4-6-13;1-10(12-2)7(11)6-3-4-8-5-9-6/h5,8-10H,2-4,6-7H2,1H3,(H,21,24);7H,2-6H2,1H3,(H,15,17);3-5H,1-2H3. The Morgan fingerprint density at radius 3 is 1.69 bits per heavy atom. The summed E-state index contributed by atoms with van der Waals surface area (Å²) < 4.78 is 3.75. The molecule has 4 aromatic heterocycles. The van der Waals surface area contributed by atoms with E-state index in [-0.39, 0.29) is 34.5 Å². The normalized spacial score (nSPS) is 17.1. The first-order chi connectivity index (χ1) is 26.3. The number of aromatic nitrogens is 6. The molecule has 4 aliphatic rings. The minimum atomic E-state index is -0.700. The average molecular weight is 817 g/mol. The number of amides is 3. The molecule has 288 valence electrons. The van der Waals surface area contributed by atoms with Gasteiger partial charge in [-0.2, -0.15) is 0 Å². The first kappa shape index (κ1) is 39.3. The molecule has 0 bridgehead atoms. The summed E-state index contributed by atoms with van der Waals surface area (Å²) in [5.41, 5.74) is 1.19. The van der Waals surface area contributed by atoms with E-state index in [1.54, 1.807) is 17.6 Å². The van der Waals surface area contributed by atoms with Gasteiger partial charge in [0, 0.05) is 19.4 Å². The second-order valence-electron chi connectivity index (χ2n) is 14.0. The van der Waals surface area contributed by atoms with Crippen molar-refractivity contribution in [1.29, 1.82) is 0 Å². The number of aryl methyl sites for hydroxylation is 2. The highest BCUT2D eigenvalue weighted by Gasteiger charge is 2.46. The summed E-state index contributed by atoms with van der Waals surface area (Å²) in [6.45, 7) is 3.63. The Morgan fingerprint density at radius 1 is 0.745 bits per heavy atom.